The van der Waals surface area contributed by atoms with Gasteiger partial charge in [-0.05, 0) is 19.3 Å². The van der Waals surface area contributed by atoms with Gasteiger partial charge in [0.1, 0.15) is 5.69 Å². The van der Waals surface area contributed by atoms with Crippen molar-refractivity contribution in [3.63, 3.8) is 0 Å². The second kappa shape index (κ2) is 5.88. The number of hydrogen-bond acceptors (Lipinski definition) is 5. The topological polar surface area (TPSA) is 90.5 Å². The Morgan fingerprint density at radius 1 is 1.17 bits per heavy atom. The summed E-state index contributed by atoms with van der Waals surface area (Å²) in [6, 6.07) is 0.462. The van der Waals surface area contributed by atoms with Gasteiger partial charge in [-0.3, -0.25) is 19.1 Å². The fourth-order valence-corrected chi connectivity index (χ4v) is 2.62. The Balaban J connectivity index is 1.50. The van der Waals surface area contributed by atoms with E-state index in [1.165, 1.54) is 12.6 Å². The molecule has 4 rings (SSSR count). The molecular formula is C16H17N7O. The van der Waals surface area contributed by atoms with Gasteiger partial charge in [0, 0.05) is 25.0 Å². The van der Waals surface area contributed by atoms with Gasteiger partial charge in [0.25, 0.3) is 5.91 Å². The van der Waals surface area contributed by atoms with Gasteiger partial charge < -0.3 is 5.32 Å². The number of amides is 1. The number of rotatable bonds is 4. The number of carbonyl (C=O) groups excluding carboxylic acids is 1. The van der Waals surface area contributed by atoms with Crippen LogP contribution in [0.25, 0.3) is 11.3 Å². The molecule has 0 aromatic carbocycles. The Hall–Kier alpha value is -3.03. The molecule has 122 valence electrons. The van der Waals surface area contributed by atoms with E-state index in [-0.39, 0.29) is 11.6 Å². The third-order valence-corrected chi connectivity index (χ3v) is 4.18. The van der Waals surface area contributed by atoms with Crippen LogP contribution in [0.5, 0.6) is 0 Å². The third kappa shape index (κ3) is 2.78. The maximum Gasteiger partial charge on any atom is 0.275 e. The highest BCUT2D eigenvalue weighted by Gasteiger charge is 2.20. The number of anilines is 1. The molecule has 3 aromatic rings. The van der Waals surface area contributed by atoms with E-state index in [4.69, 9.17) is 0 Å². The molecule has 1 aliphatic carbocycles. The lowest BCUT2D eigenvalue weighted by atomic mass is 9.93. The van der Waals surface area contributed by atoms with Crippen LogP contribution in [-0.4, -0.2) is 35.4 Å². The average molecular weight is 323 g/mol. The summed E-state index contributed by atoms with van der Waals surface area (Å²) in [5.74, 6) is -0.304. The number of nitrogens with one attached hydrogen (secondary N) is 1. The van der Waals surface area contributed by atoms with E-state index in [0.29, 0.717) is 17.4 Å². The lowest BCUT2D eigenvalue weighted by molar-refractivity contribution is 0.102. The standard InChI is InChI=1S/C16H17N7O/c1-22-9-11(5-18-22)14-7-17-8-15(21-14)16(24)20-12-6-19-23(10-12)13-3-2-4-13/h5-10,13H,2-4H2,1H3,(H,20,24). The first-order valence-electron chi connectivity index (χ1n) is 7.85. The summed E-state index contributed by atoms with van der Waals surface area (Å²) in [6.45, 7) is 0. The van der Waals surface area contributed by atoms with Crippen LogP contribution < -0.4 is 5.32 Å². The highest BCUT2D eigenvalue weighted by molar-refractivity contribution is 6.02. The molecule has 1 amide bonds. The van der Waals surface area contributed by atoms with E-state index in [9.17, 15) is 4.79 Å². The molecule has 24 heavy (non-hydrogen) atoms. The van der Waals surface area contributed by atoms with Gasteiger partial charge in [-0.25, -0.2) is 4.98 Å². The van der Waals surface area contributed by atoms with Crippen molar-refractivity contribution in [3.05, 3.63) is 42.9 Å². The van der Waals surface area contributed by atoms with Crippen LogP contribution in [0.3, 0.4) is 0 Å². The van der Waals surface area contributed by atoms with Crippen molar-refractivity contribution in [2.45, 2.75) is 25.3 Å². The fourth-order valence-electron chi connectivity index (χ4n) is 2.62. The quantitative estimate of drug-likeness (QED) is 0.793. The first-order chi connectivity index (χ1) is 11.7. The smallest absolute Gasteiger partial charge is 0.275 e. The normalized spacial score (nSPS) is 14.4. The predicted molar refractivity (Wildman–Crippen MR) is 87.3 cm³/mol. The van der Waals surface area contributed by atoms with Crippen LogP contribution in [-0.2, 0) is 7.05 Å². The number of aryl methyl sites for hydroxylation is 1. The molecule has 0 spiro atoms. The molecular weight excluding hydrogens is 306 g/mol. The molecule has 0 unspecified atom stereocenters. The number of aromatic nitrogens is 6. The molecule has 3 aromatic heterocycles. The summed E-state index contributed by atoms with van der Waals surface area (Å²) in [7, 11) is 1.83. The van der Waals surface area contributed by atoms with Crippen molar-refractivity contribution < 1.29 is 4.79 Å². The minimum Gasteiger partial charge on any atom is -0.318 e. The van der Waals surface area contributed by atoms with E-state index in [1.54, 1.807) is 23.3 Å². The first kappa shape index (κ1) is 14.6. The van der Waals surface area contributed by atoms with E-state index in [2.05, 4.69) is 25.5 Å². The van der Waals surface area contributed by atoms with E-state index >= 15 is 0 Å². The van der Waals surface area contributed by atoms with Crippen molar-refractivity contribution >= 4 is 11.6 Å². The lowest BCUT2D eigenvalue weighted by Crippen LogP contribution is -2.17. The van der Waals surface area contributed by atoms with Gasteiger partial charge in [0.05, 0.1) is 42.2 Å². The zero-order valence-corrected chi connectivity index (χ0v) is 13.3. The Kier molecular flexibility index (Phi) is 3.56. The molecule has 1 saturated carbocycles. The molecule has 8 heteroatoms. The average Bonchev–Trinajstić information content (AvgIpc) is 3.15. The lowest BCUT2D eigenvalue weighted by Gasteiger charge is -2.25. The molecule has 0 radical (unpaired) electrons. The van der Waals surface area contributed by atoms with Gasteiger partial charge in [0.2, 0.25) is 0 Å². The zero-order chi connectivity index (χ0) is 16.5. The Morgan fingerprint density at radius 3 is 2.75 bits per heavy atom. The molecule has 0 saturated heterocycles. The Morgan fingerprint density at radius 2 is 2.04 bits per heavy atom. The summed E-state index contributed by atoms with van der Waals surface area (Å²) in [5, 5.41) is 11.2. The van der Waals surface area contributed by atoms with Crippen molar-refractivity contribution in [1.82, 2.24) is 29.5 Å². The molecule has 0 bridgehead atoms. The molecule has 8 nitrogen and oxygen atoms in total. The van der Waals surface area contributed by atoms with E-state index < -0.39 is 0 Å². The maximum atomic E-state index is 12.4. The molecule has 1 N–H and O–H groups in total. The SMILES string of the molecule is Cn1cc(-c2cncc(C(=O)Nc3cnn(C4CCC4)c3)n2)cn1. The van der Waals surface area contributed by atoms with Gasteiger partial charge in [-0.15, -0.1) is 0 Å². The van der Waals surface area contributed by atoms with Gasteiger partial charge in [-0.2, -0.15) is 10.2 Å². The number of carbonyl (C=O) groups is 1. The van der Waals surface area contributed by atoms with Gasteiger partial charge in [0.15, 0.2) is 0 Å². The minimum absolute atomic E-state index is 0.257. The molecule has 0 atom stereocenters. The van der Waals surface area contributed by atoms with E-state index in [1.807, 2.05) is 24.1 Å². The summed E-state index contributed by atoms with van der Waals surface area (Å²) in [6.07, 6.45) is 13.6. The van der Waals surface area contributed by atoms with Crippen LogP contribution in [0.15, 0.2) is 37.2 Å². The fraction of sp³-hybridized carbons (Fsp3) is 0.312. The van der Waals surface area contributed by atoms with Crippen molar-refractivity contribution in [2.75, 3.05) is 5.32 Å². The number of nitrogens with zero attached hydrogens (tertiary/aromatic N) is 6. The molecule has 3 heterocycles. The van der Waals surface area contributed by atoms with Crippen LogP contribution in [0.2, 0.25) is 0 Å². The van der Waals surface area contributed by atoms with Crippen LogP contribution in [0.4, 0.5) is 5.69 Å². The second-order valence-corrected chi connectivity index (χ2v) is 5.94. The van der Waals surface area contributed by atoms with Crippen LogP contribution >= 0.6 is 0 Å². The van der Waals surface area contributed by atoms with E-state index in [0.717, 1.165) is 18.4 Å². The summed E-state index contributed by atoms with van der Waals surface area (Å²) < 4.78 is 3.59. The Bertz CT molecular complexity index is 878. The molecule has 1 fully saturated rings. The van der Waals surface area contributed by atoms with Crippen molar-refractivity contribution in [3.8, 4) is 11.3 Å². The predicted octanol–water partition coefficient (Wildman–Crippen LogP) is 2.05. The molecule has 0 aliphatic heterocycles. The molecule has 1 aliphatic rings. The summed E-state index contributed by atoms with van der Waals surface area (Å²) in [4.78, 5) is 20.9. The van der Waals surface area contributed by atoms with Crippen molar-refractivity contribution in [1.29, 1.82) is 0 Å². The van der Waals surface area contributed by atoms with Crippen LogP contribution in [0, 0.1) is 0 Å². The third-order valence-electron chi connectivity index (χ3n) is 4.18. The summed E-state index contributed by atoms with van der Waals surface area (Å²) >= 11 is 0. The van der Waals surface area contributed by atoms with Gasteiger partial charge >= 0.3 is 0 Å². The minimum atomic E-state index is -0.304. The van der Waals surface area contributed by atoms with Crippen molar-refractivity contribution in [2.24, 2.45) is 7.05 Å². The Labute approximate surface area is 138 Å². The van der Waals surface area contributed by atoms with Crippen LogP contribution in [0.1, 0.15) is 35.8 Å². The highest BCUT2D eigenvalue weighted by atomic mass is 16.1. The largest absolute Gasteiger partial charge is 0.318 e. The zero-order valence-electron chi connectivity index (χ0n) is 13.3. The first-order valence-corrected chi connectivity index (χ1v) is 7.85. The van der Waals surface area contributed by atoms with Gasteiger partial charge in [-0.1, -0.05) is 0 Å². The maximum absolute atomic E-state index is 12.4. The second-order valence-electron chi connectivity index (χ2n) is 5.94. The monoisotopic (exact) mass is 323 g/mol. The summed E-state index contributed by atoms with van der Waals surface area (Å²) in [5.41, 5.74) is 2.35. The number of hydrogen-bond donors (Lipinski definition) is 1. The highest BCUT2D eigenvalue weighted by Crippen LogP contribution is 2.31.